The molecule has 4 nitrogen and oxygen atoms in total. The summed E-state index contributed by atoms with van der Waals surface area (Å²) in [6, 6.07) is 11.0. The van der Waals surface area contributed by atoms with Crippen LogP contribution in [0, 0.1) is 3.57 Å². The minimum absolute atomic E-state index is 0.167. The molecule has 0 atom stereocenters. The van der Waals surface area contributed by atoms with Crippen LogP contribution in [-0.2, 0) is 0 Å². The van der Waals surface area contributed by atoms with Gasteiger partial charge in [-0.05, 0) is 65.1 Å². The Balaban J connectivity index is 2.14. The van der Waals surface area contributed by atoms with Crippen LogP contribution in [0.1, 0.15) is 20.7 Å². The summed E-state index contributed by atoms with van der Waals surface area (Å²) >= 11 is 8.04. The minimum atomic E-state index is -1.01. The molecule has 2 aromatic carbocycles. The molecule has 6 heteroatoms. The van der Waals surface area contributed by atoms with E-state index in [0.29, 0.717) is 16.3 Å². The lowest BCUT2D eigenvalue weighted by Crippen LogP contribution is -2.12. The minimum Gasteiger partial charge on any atom is -0.478 e. The van der Waals surface area contributed by atoms with Gasteiger partial charge in [0, 0.05) is 14.8 Å². The fourth-order valence-corrected chi connectivity index (χ4v) is 2.05. The van der Waals surface area contributed by atoms with Crippen LogP contribution < -0.4 is 5.32 Å². The van der Waals surface area contributed by atoms with Crippen LogP contribution in [0.5, 0.6) is 0 Å². The van der Waals surface area contributed by atoms with Gasteiger partial charge >= 0.3 is 5.97 Å². The maximum absolute atomic E-state index is 12.0. The molecule has 0 aliphatic heterocycles. The quantitative estimate of drug-likeness (QED) is 0.767. The third-order valence-corrected chi connectivity index (χ3v) is 4.14. The number of rotatable bonds is 3. The van der Waals surface area contributed by atoms with Gasteiger partial charge in [0.2, 0.25) is 0 Å². The zero-order valence-corrected chi connectivity index (χ0v) is 13.0. The number of carbonyl (C=O) groups excluding carboxylic acids is 1. The molecule has 0 aliphatic carbocycles. The second kappa shape index (κ2) is 6.23. The normalized spacial score (nSPS) is 10.1. The van der Waals surface area contributed by atoms with Gasteiger partial charge < -0.3 is 10.4 Å². The molecule has 0 aromatic heterocycles. The number of nitrogens with one attached hydrogen (secondary N) is 1. The molecule has 102 valence electrons. The molecule has 2 N–H and O–H groups in total. The van der Waals surface area contributed by atoms with Crippen LogP contribution in [0.3, 0.4) is 0 Å². The molecule has 2 rings (SSSR count). The molecule has 0 saturated heterocycles. The number of carbonyl (C=O) groups is 2. The van der Waals surface area contributed by atoms with Gasteiger partial charge in [-0.25, -0.2) is 4.79 Å². The van der Waals surface area contributed by atoms with E-state index in [1.165, 1.54) is 24.3 Å². The van der Waals surface area contributed by atoms with E-state index in [1.54, 1.807) is 18.2 Å². The van der Waals surface area contributed by atoms with Crippen molar-refractivity contribution >= 4 is 51.8 Å². The van der Waals surface area contributed by atoms with Crippen molar-refractivity contribution in [2.45, 2.75) is 0 Å². The summed E-state index contributed by atoms with van der Waals surface area (Å²) in [4.78, 5) is 22.7. The summed E-state index contributed by atoms with van der Waals surface area (Å²) in [5, 5.41) is 12.0. The van der Waals surface area contributed by atoms with E-state index in [-0.39, 0.29) is 11.5 Å². The van der Waals surface area contributed by atoms with E-state index >= 15 is 0 Å². The number of hydrogen-bond acceptors (Lipinski definition) is 2. The zero-order chi connectivity index (χ0) is 14.7. The third kappa shape index (κ3) is 3.49. The molecule has 20 heavy (non-hydrogen) atoms. The van der Waals surface area contributed by atoms with Crippen molar-refractivity contribution in [3.63, 3.8) is 0 Å². The molecule has 0 spiro atoms. The summed E-state index contributed by atoms with van der Waals surface area (Å²) in [5.41, 5.74) is 1.13. The highest BCUT2D eigenvalue weighted by Crippen LogP contribution is 2.20. The first kappa shape index (κ1) is 14.8. The first-order valence-corrected chi connectivity index (χ1v) is 7.03. The molecule has 0 unspecified atom stereocenters. The van der Waals surface area contributed by atoms with Crippen molar-refractivity contribution in [1.29, 1.82) is 0 Å². The molecule has 0 aliphatic rings. The Kier molecular flexibility index (Phi) is 4.61. The molecule has 0 heterocycles. The second-order valence-corrected chi connectivity index (χ2v) is 5.53. The van der Waals surface area contributed by atoms with Gasteiger partial charge in [-0.3, -0.25) is 4.79 Å². The van der Waals surface area contributed by atoms with Crippen LogP contribution in [0.2, 0.25) is 5.02 Å². The lowest BCUT2D eigenvalue weighted by molar-refractivity contribution is 0.0696. The number of halogens is 2. The van der Waals surface area contributed by atoms with Gasteiger partial charge in [0.1, 0.15) is 0 Å². The van der Waals surface area contributed by atoms with Gasteiger partial charge in [0.25, 0.3) is 5.91 Å². The topological polar surface area (TPSA) is 66.4 Å². The average Bonchev–Trinajstić information content (AvgIpc) is 2.42. The second-order valence-electron chi connectivity index (χ2n) is 3.97. The summed E-state index contributed by atoms with van der Waals surface area (Å²) in [7, 11) is 0. The predicted octanol–water partition coefficient (Wildman–Crippen LogP) is 3.90. The van der Waals surface area contributed by atoms with Gasteiger partial charge in [0.15, 0.2) is 0 Å². The maximum Gasteiger partial charge on any atom is 0.335 e. The lowest BCUT2D eigenvalue weighted by Gasteiger charge is -2.06. The Morgan fingerprint density at radius 3 is 2.20 bits per heavy atom. The van der Waals surface area contributed by atoms with Crippen LogP contribution in [0.4, 0.5) is 5.69 Å². The molecule has 0 radical (unpaired) electrons. The summed E-state index contributed by atoms with van der Waals surface area (Å²) in [6.45, 7) is 0. The SMILES string of the molecule is O=C(O)c1ccc(NC(=O)c2ccc(I)c(Cl)c2)cc1. The van der Waals surface area contributed by atoms with Crippen LogP contribution >= 0.6 is 34.2 Å². The fourth-order valence-electron chi connectivity index (χ4n) is 1.54. The van der Waals surface area contributed by atoms with E-state index in [9.17, 15) is 9.59 Å². The summed E-state index contributed by atoms with van der Waals surface area (Å²) < 4.78 is 0.867. The number of amides is 1. The van der Waals surface area contributed by atoms with Crippen LogP contribution in [0.15, 0.2) is 42.5 Å². The zero-order valence-electron chi connectivity index (χ0n) is 10.1. The number of aromatic carboxylic acids is 1. The molecular formula is C14H9ClINO3. The third-order valence-electron chi connectivity index (χ3n) is 2.57. The molecule has 2 aromatic rings. The number of hydrogen-bond donors (Lipinski definition) is 2. The largest absolute Gasteiger partial charge is 0.478 e. The van der Waals surface area contributed by atoms with Crippen LogP contribution in [0.25, 0.3) is 0 Å². The van der Waals surface area contributed by atoms with E-state index < -0.39 is 5.97 Å². The Bertz CT molecular complexity index is 671. The van der Waals surface area contributed by atoms with Crippen molar-refractivity contribution in [2.75, 3.05) is 5.32 Å². The van der Waals surface area contributed by atoms with Gasteiger partial charge in [0.05, 0.1) is 10.6 Å². The molecule has 0 bridgehead atoms. The van der Waals surface area contributed by atoms with Crippen molar-refractivity contribution in [3.8, 4) is 0 Å². The van der Waals surface area contributed by atoms with Gasteiger partial charge in [-0.15, -0.1) is 0 Å². The maximum atomic E-state index is 12.0. The van der Waals surface area contributed by atoms with Crippen molar-refractivity contribution in [1.82, 2.24) is 0 Å². The lowest BCUT2D eigenvalue weighted by atomic mass is 10.2. The van der Waals surface area contributed by atoms with Gasteiger partial charge in [-0.2, -0.15) is 0 Å². The van der Waals surface area contributed by atoms with Crippen molar-refractivity contribution in [3.05, 3.63) is 62.2 Å². The summed E-state index contributed by atoms with van der Waals surface area (Å²) in [6.07, 6.45) is 0. The Morgan fingerprint density at radius 2 is 1.65 bits per heavy atom. The highest BCUT2D eigenvalue weighted by molar-refractivity contribution is 14.1. The Labute approximate surface area is 133 Å². The smallest absolute Gasteiger partial charge is 0.335 e. The Hall–Kier alpha value is -1.60. The van der Waals surface area contributed by atoms with Crippen LogP contribution in [-0.4, -0.2) is 17.0 Å². The van der Waals surface area contributed by atoms with Crippen molar-refractivity contribution in [2.24, 2.45) is 0 Å². The number of carboxylic acids is 1. The fraction of sp³-hybridized carbons (Fsp3) is 0. The van der Waals surface area contributed by atoms with E-state index in [4.69, 9.17) is 16.7 Å². The average molecular weight is 402 g/mol. The summed E-state index contributed by atoms with van der Waals surface area (Å²) in [5.74, 6) is -1.31. The van der Waals surface area contributed by atoms with E-state index in [1.807, 2.05) is 0 Å². The van der Waals surface area contributed by atoms with E-state index in [2.05, 4.69) is 27.9 Å². The van der Waals surface area contributed by atoms with E-state index in [0.717, 1.165) is 3.57 Å². The molecule has 0 saturated carbocycles. The van der Waals surface area contributed by atoms with Crippen molar-refractivity contribution < 1.29 is 14.7 Å². The standard InChI is InChI=1S/C14H9ClINO3/c15-11-7-9(3-6-12(11)16)13(18)17-10-4-1-8(2-5-10)14(19)20/h1-7H,(H,17,18)(H,19,20). The molecule has 1 amide bonds. The highest BCUT2D eigenvalue weighted by Gasteiger charge is 2.09. The first-order chi connectivity index (χ1) is 9.47. The monoisotopic (exact) mass is 401 g/mol. The number of anilines is 1. The number of benzene rings is 2. The molecular weight excluding hydrogens is 393 g/mol. The van der Waals surface area contributed by atoms with Gasteiger partial charge in [-0.1, -0.05) is 11.6 Å². The molecule has 0 fully saturated rings. The highest BCUT2D eigenvalue weighted by atomic mass is 127. The Morgan fingerprint density at radius 1 is 1.05 bits per heavy atom. The first-order valence-electron chi connectivity index (χ1n) is 5.57. The number of carboxylic acid groups (broad SMARTS) is 1. The predicted molar refractivity (Wildman–Crippen MR) is 85.5 cm³/mol.